The van der Waals surface area contributed by atoms with Crippen LogP contribution in [0.15, 0.2) is 48.5 Å². The lowest BCUT2D eigenvalue weighted by Gasteiger charge is -2.29. The van der Waals surface area contributed by atoms with Crippen LogP contribution in [0, 0.1) is 0 Å². The van der Waals surface area contributed by atoms with Crippen molar-refractivity contribution >= 4 is 23.2 Å². The monoisotopic (exact) mass is 314 g/mol. The molecule has 0 unspecified atom stereocenters. The van der Waals surface area contributed by atoms with Crippen LogP contribution in [0.4, 0.5) is 5.69 Å². The van der Waals surface area contributed by atoms with Gasteiger partial charge in [0, 0.05) is 36.8 Å². The highest BCUT2D eigenvalue weighted by Crippen LogP contribution is 2.19. The van der Waals surface area contributed by atoms with E-state index in [-0.39, 0.29) is 5.91 Å². The normalized spacial score (nSPS) is 13.6. The molecule has 1 amide bonds. The quantitative estimate of drug-likeness (QED) is 0.932. The fourth-order valence-electron chi connectivity index (χ4n) is 2.78. The zero-order chi connectivity index (χ0) is 15.4. The van der Waals surface area contributed by atoms with Crippen molar-refractivity contribution in [2.45, 2.75) is 19.4 Å². The van der Waals surface area contributed by atoms with Crippen molar-refractivity contribution in [1.29, 1.82) is 0 Å². The van der Waals surface area contributed by atoms with Crippen molar-refractivity contribution in [1.82, 2.24) is 4.90 Å². The van der Waals surface area contributed by atoms with Gasteiger partial charge in [0.2, 0.25) is 5.91 Å². The van der Waals surface area contributed by atoms with Gasteiger partial charge in [0.15, 0.2) is 0 Å². The van der Waals surface area contributed by atoms with Crippen molar-refractivity contribution in [3.63, 3.8) is 0 Å². The van der Waals surface area contributed by atoms with Gasteiger partial charge in [0.1, 0.15) is 0 Å². The number of nitrogens with one attached hydrogen (secondary N) is 1. The van der Waals surface area contributed by atoms with Crippen molar-refractivity contribution < 1.29 is 4.79 Å². The highest BCUT2D eigenvalue weighted by atomic mass is 35.5. The number of fused-ring (bicyclic) bond motifs is 1. The number of amides is 1. The minimum atomic E-state index is 0.198. The number of rotatable bonds is 4. The Balaban J connectivity index is 1.51. The van der Waals surface area contributed by atoms with Gasteiger partial charge in [-0.15, -0.1) is 0 Å². The van der Waals surface area contributed by atoms with Crippen LogP contribution in [-0.4, -0.2) is 23.9 Å². The minimum Gasteiger partial charge on any atom is -0.384 e. The molecule has 3 rings (SSSR count). The number of carbonyl (C=O) groups is 1. The third-order valence-electron chi connectivity index (χ3n) is 3.98. The van der Waals surface area contributed by atoms with E-state index in [0.717, 1.165) is 25.2 Å². The standard InChI is InChI=1S/C18H19ClN2O/c19-16-6-3-7-17(12-16)20-10-8-18(22)21-11-9-14-4-1-2-5-15(14)13-21/h1-7,12,20H,8-11,13H2. The molecule has 1 aliphatic rings. The van der Waals surface area contributed by atoms with Crippen LogP contribution in [-0.2, 0) is 17.8 Å². The third-order valence-corrected chi connectivity index (χ3v) is 4.21. The van der Waals surface area contributed by atoms with Crippen LogP contribution in [0.5, 0.6) is 0 Å². The molecule has 0 aliphatic carbocycles. The Morgan fingerprint density at radius 3 is 2.77 bits per heavy atom. The molecule has 0 saturated carbocycles. The van der Waals surface area contributed by atoms with Crippen molar-refractivity contribution in [3.8, 4) is 0 Å². The first-order valence-corrected chi connectivity index (χ1v) is 7.94. The maximum Gasteiger partial charge on any atom is 0.224 e. The molecule has 0 spiro atoms. The smallest absolute Gasteiger partial charge is 0.224 e. The zero-order valence-corrected chi connectivity index (χ0v) is 13.1. The van der Waals surface area contributed by atoms with E-state index >= 15 is 0 Å². The van der Waals surface area contributed by atoms with Gasteiger partial charge in [0.25, 0.3) is 0 Å². The Hall–Kier alpha value is -2.00. The van der Waals surface area contributed by atoms with Crippen LogP contribution in [0.25, 0.3) is 0 Å². The van der Waals surface area contributed by atoms with E-state index in [0.29, 0.717) is 18.0 Å². The summed E-state index contributed by atoms with van der Waals surface area (Å²) in [5.74, 6) is 0.198. The molecular weight excluding hydrogens is 296 g/mol. The first-order valence-electron chi connectivity index (χ1n) is 7.56. The zero-order valence-electron chi connectivity index (χ0n) is 12.4. The van der Waals surface area contributed by atoms with Crippen LogP contribution in [0.1, 0.15) is 17.5 Å². The summed E-state index contributed by atoms with van der Waals surface area (Å²) in [5.41, 5.74) is 3.58. The number of hydrogen-bond acceptors (Lipinski definition) is 2. The Morgan fingerprint density at radius 1 is 1.14 bits per heavy atom. The lowest BCUT2D eigenvalue weighted by atomic mass is 10.00. The molecule has 0 fully saturated rings. The minimum absolute atomic E-state index is 0.198. The highest BCUT2D eigenvalue weighted by molar-refractivity contribution is 6.30. The van der Waals surface area contributed by atoms with Crippen LogP contribution < -0.4 is 5.32 Å². The highest BCUT2D eigenvalue weighted by Gasteiger charge is 2.19. The molecule has 0 atom stereocenters. The third kappa shape index (κ3) is 3.60. The average Bonchev–Trinajstić information content (AvgIpc) is 2.54. The molecule has 3 nitrogen and oxygen atoms in total. The Kier molecular flexibility index (Phi) is 4.64. The van der Waals surface area contributed by atoms with E-state index in [1.165, 1.54) is 11.1 Å². The Bertz CT molecular complexity index is 672. The summed E-state index contributed by atoms with van der Waals surface area (Å²) in [4.78, 5) is 14.3. The summed E-state index contributed by atoms with van der Waals surface area (Å²) < 4.78 is 0. The van der Waals surface area contributed by atoms with E-state index in [4.69, 9.17) is 11.6 Å². The second-order valence-electron chi connectivity index (χ2n) is 5.52. The summed E-state index contributed by atoms with van der Waals surface area (Å²) in [6.45, 7) is 2.16. The fourth-order valence-corrected chi connectivity index (χ4v) is 2.97. The number of hydrogen-bond donors (Lipinski definition) is 1. The molecule has 4 heteroatoms. The first kappa shape index (κ1) is 14.9. The van der Waals surface area contributed by atoms with Crippen LogP contribution >= 0.6 is 11.6 Å². The molecule has 114 valence electrons. The maximum atomic E-state index is 12.3. The molecule has 0 saturated heterocycles. The number of halogens is 1. The van der Waals surface area contributed by atoms with Crippen molar-refractivity contribution in [2.75, 3.05) is 18.4 Å². The van der Waals surface area contributed by atoms with Gasteiger partial charge >= 0.3 is 0 Å². The maximum absolute atomic E-state index is 12.3. The van der Waals surface area contributed by atoms with E-state index in [2.05, 4.69) is 23.5 Å². The largest absolute Gasteiger partial charge is 0.384 e. The van der Waals surface area contributed by atoms with Gasteiger partial charge in [-0.2, -0.15) is 0 Å². The first-order chi connectivity index (χ1) is 10.7. The molecule has 1 aliphatic heterocycles. The molecule has 2 aromatic rings. The van der Waals surface area contributed by atoms with Gasteiger partial charge in [-0.3, -0.25) is 4.79 Å². The van der Waals surface area contributed by atoms with Gasteiger partial charge < -0.3 is 10.2 Å². The summed E-state index contributed by atoms with van der Waals surface area (Å²) in [6.07, 6.45) is 1.44. The average molecular weight is 315 g/mol. The predicted molar refractivity (Wildman–Crippen MR) is 90.1 cm³/mol. The van der Waals surface area contributed by atoms with E-state index in [9.17, 15) is 4.79 Å². The van der Waals surface area contributed by atoms with E-state index in [1.807, 2.05) is 35.2 Å². The van der Waals surface area contributed by atoms with Crippen LogP contribution in [0.3, 0.4) is 0 Å². The van der Waals surface area contributed by atoms with Gasteiger partial charge in [-0.25, -0.2) is 0 Å². The SMILES string of the molecule is O=C(CCNc1cccc(Cl)c1)N1CCc2ccccc2C1. The summed E-state index contributed by atoms with van der Waals surface area (Å²) >= 11 is 5.94. The topological polar surface area (TPSA) is 32.3 Å². The predicted octanol–water partition coefficient (Wildman–Crippen LogP) is 3.73. The Morgan fingerprint density at radius 2 is 1.95 bits per heavy atom. The fraction of sp³-hybridized carbons (Fsp3) is 0.278. The molecule has 0 radical (unpaired) electrons. The van der Waals surface area contributed by atoms with E-state index in [1.54, 1.807) is 0 Å². The number of anilines is 1. The second kappa shape index (κ2) is 6.84. The van der Waals surface area contributed by atoms with Gasteiger partial charge in [-0.1, -0.05) is 41.9 Å². The van der Waals surface area contributed by atoms with Gasteiger partial charge in [-0.05, 0) is 35.7 Å². The number of nitrogens with zero attached hydrogens (tertiary/aromatic N) is 1. The molecule has 0 bridgehead atoms. The molecule has 1 N–H and O–H groups in total. The second-order valence-corrected chi connectivity index (χ2v) is 5.96. The van der Waals surface area contributed by atoms with Gasteiger partial charge in [0.05, 0.1) is 0 Å². The van der Waals surface area contributed by atoms with E-state index < -0.39 is 0 Å². The van der Waals surface area contributed by atoms with Crippen molar-refractivity contribution in [3.05, 3.63) is 64.7 Å². The molecule has 22 heavy (non-hydrogen) atoms. The summed E-state index contributed by atoms with van der Waals surface area (Å²) in [6, 6.07) is 15.9. The number of benzene rings is 2. The van der Waals surface area contributed by atoms with Crippen molar-refractivity contribution in [2.24, 2.45) is 0 Å². The lowest BCUT2D eigenvalue weighted by Crippen LogP contribution is -2.36. The lowest BCUT2D eigenvalue weighted by molar-refractivity contribution is -0.131. The molecule has 2 aromatic carbocycles. The summed E-state index contributed by atoms with van der Waals surface area (Å²) in [7, 11) is 0. The van der Waals surface area contributed by atoms with Crippen LogP contribution in [0.2, 0.25) is 5.02 Å². The molecular formula is C18H19ClN2O. The summed E-state index contributed by atoms with van der Waals surface area (Å²) in [5, 5.41) is 3.94. The molecule has 0 aromatic heterocycles. The molecule has 1 heterocycles. The number of carbonyl (C=O) groups excluding carboxylic acids is 1. The Labute approximate surface area is 135 Å².